The highest BCUT2D eigenvalue weighted by Crippen LogP contribution is 2.32. The van der Waals surface area contributed by atoms with Crippen LogP contribution in [0.25, 0.3) is 0 Å². The van der Waals surface area contributed by atoms with Crippen molar-refractivity contribution in [1.29, 1.82) is 0 Å². The molecule has 0 fully saturated rings. The summed E-state index contributed by atoms with van der Waals surface area (Å²) in [4.78, 5) is 16.0. The van der Waals surface area contributed by atoms with Crippen molar-refractivity contribution < 1.29 is 9.53 Å². The standard InChI is InChI=1S/C15H12Cl3NO2/c1-2-10-11(16)13(19-14(18)12(10)17)15(20)21-8-9-6-4-3-5-7-9/h3-7H,2,8H2,1H3. The molecule has 0 saturated heterocycles. The number of nitrogens with zero attached hydrogens (tertiary/aromatic N) is 1. The lowest BCUT2D eigenvalue weighted by Gasteiger charge is -2.11. The summed E-state index contributed by atoms with van der Waals surface area (Å²) in [5.41, 5.74) is 1.45. The number of pyridine rings is 1. The van der Waals surface area contributed by atoms with Gasteiger partial charge in [-0.05, 0) is 17.5 Å². The average molecular weight is 345 g/mol. The lowest BCUT2D eigenvalue weighted by atomic mass is 10.2. The molecule has 2 rings (SSSR count). The van der Waals surface area contributed by atoms with Crippen LogP contribution in [0.3, 0.4) is 0 Å². The van der Waals surface area contributed by atoms with E-state index in [-0.39, 0.29) is 27.5 Å². The molecule has 1 heterocycles. The Balaban J connectivity index is 2.22. The van der Waals surface area contributed by atoms with Gasteiger partial charge in [0.1, 0.15) is 11.8 Å². The van der Waals surface area contributed by atoms with Gasteiger partial charge in [0.05, 0.1) is 10.0 Å². The minimum Gasteiger partial charge on any atom is -0.456 e. The zero-order valence-corrected chi connectivity index (χ0v) is 13.5. The van der Waals surface area contributed by atoms with E-state index in [9.17, 15) is 4.79 Å². The Morgan fingerprint density at radius 1 is 1.14 bits per heavy atom. The van der Waals surface area contributed by atoms with E-state index in [1.807, 2.05) is 37.3 Å². The van der Waals surface area contributed by atoms with Gasteiger partial charge >= 0.3 is 5.97 Å². The molecule has 0 saturated carbocycles. The molecule has 0 spiro atoms. The smallest absolute Gasteiger partial charge is 0.358 e. The van der Waals surface area contributed by atoms with Crippen LogP contribution in [-0.4, -0.2) is 11.0 Å². The molecule has 1 aromatic heterocycles. The van der Waals surface area contributed by atoms with Gasteiger partial charge in [-0.2, -0.15) is 0 Å². The van der Waals surface area contributed by atoms with Crippen LogP contribution in [0.15, 0.2) is 30.3 Å². The SMILES string of the molecule is CCc1c(Cl)c(Cl)nc(C(=O)OCc2ccccc2)c1Cl. The summed E-state index contributed by atoms with van der Waals surface area (Å²) < 4.78 is 5.20. The number of benzene rings is 1. The van der Waals surface area contributed by atoms with Crippen molar-refractivity contribution >= 4 is 40.8 Å². The zero-order chi connectivity index (χ0) is 15.4. The largest absolute Gasteiger partial charge is 0.456 e. The highest BCUT2D eigenvalue weighted by Gasteiger charge is 2.21. The second-order valence-corrected chi connectivity index (χ2v) is 5.39. The summed E-state index contributed by atoms with van der Waals surface area (Å²) in [6.45, 7) is 2.00. The van der Waals surface area contributed by atoms with Crippen molar-refractivity contribution in [3.05, 3.63) is 62.4 Å². The number of hydrogen-bond donors (Lipinski definition) is 0. The number of aromatic nitrogens is 1. The third-order valence-electron chi connectivity index (χ3n) is 2.89. The molecule has 1 aromatic carbocycles. The van der Waals surface area contributed by atoms with Gasteiger partial charge < -0.3 is 4.74 Å². The van der Waals surface area contributed by atoms with Crippen LogP contribution in [0.2, 0.25) is 15.2 Å². The first-order chi connectivity index (χ1) is 10.0. The van der Waals surface area contributed by atoms with Gasteiger partial charge in [0.2, 0.25) is 0 Å². The number of carbonyl (C=O) groups is 1. The molecule has 3 nitrogen and oxygen atoms in total. The molecule has 0 amide bonds. The maximum Gasteiger partial charge on any atom is 0.358 e. The second-order valence-electron chi connectivity index (χ2n) is 4.27. The van der Waals surface area contributed by atoms with Crippen molar-refractivity contribution in [1.82, 2.24) is 4.98 Å². The minimum absolute atomic E-state index is 0.0150. The maximum absolute atomic E-state index is 12.1. The maximum atomic E-state index is 12.1. The van der Waals surface area contributed by atoms with Crippen molar-refractivity contribution in [2.45, 2.75) is 20.0 Å². The number of esters is 1. The molecule has 110 valence electrons. The van der Waals surface area contributed by atoms with E-state index in [0.29, 0.717) is 12.0 Å². The summed E-state index contributed by atoms with van der Waals surface area (Å²) in [7, 11) is 0. The van der Waals surface area contributed by atoms with Gasteiger partial charge in [-0.3, -0.25) is 0 Å². The third kappa shape index (κ3) is 3.67. The fourth-order valence-electron chi connectivity index (χ4n) is 1.80. The first-order valence-electron chi connectivity index (χ1n) is 6.29. The lowest BCUT2D eigenvalue weighted by molar-refractivity contribution is 0.0466. The highest BCUT2D eigenvalue weighted by atomic mass is 35.5. The molecule has 0 N–H and O–H groups in total. The van der Waals surface area contributed by atoms with Crippen molar-refractivity contribution in [3.8, 4) is 0 Å². The van der Waals surface area contributed by atoms with Crippen LogP contribution in [-0.2, 0) is 17.8 Å². The van der Waals surface area contributed by atoms with Crippen LogP contribution >= 0.6 is 34.8 Å². The van der Waals surface area contributed by atoms with E-state index in [4.69, 9.17) is 39.5 Å². The van der Waals surface area contributed by atoms with E-state index < -0.39 is 5.97 Å². The summed E-state index contributed by atoms with van der Waals surface area (Å²) in [5.74, 6) is -0.628. The molecule has 21 heavy (non-hydrogen) atoms. The van der Waals surface area contributed by atoms with Crippen LogP contribution in [0, 0.1) is 0 Å². The van der Waals surface area contributed by atoms with E-state index >= 15 is 0 Å². The fraction of sp³-hybridized carbons (Fsp3) is 0.200. The van der Waals surface area contributed by atoms with Crippen LogP contribution in [0.4, 0.5) is 0 Å². The summed E-state index contributed by atoms with van der Waals surface area (Å²) in [6.07, 6.45) is 0.541. The predicted molar refractivity (Wildman–Crippen MR) is 84.2 cm³/mol. The lowest BCUT2D eigenvalue weighted by Crippen LogP contribution is -2.10. The Labute approximate surface area is 137 Å². The number of hydrogen-bond acceptors (Lipinski definition) is 3. The Morgan fingerprint density at radius 2 is 1.81 bits per heavy atom. The number of halogens is 3. The van der Waals surface area contributed by atoms with Gasteiger partial charge in [0.25, 0.3) is 0 Å². The number of carbonyl (C=O) groups excluding carboxylic acids is 1. The van der Waals surface area contributed by atoms with Gasteiger partial charge in [0.15, 0.2) is 5.69 Å². The number of ether oxygens (including phenoxy) is 1. The molecule has 6 heteroatoms. The Morgan fingerprint density at radius 3 is 2.43 bits per heavy atom. The van der Waals surface area contributed by atoms with Gasteiger partial charge in [-0.15, -0.1) is 0 Å². The minimum atomic E-state index is -0.628. The van der Waals surface area contributed by atoms with E-state index in [2.05, 4.69) is 4.98 Å². The summed E-state index contributed by atoms with van der Waals surface area (Å²) in [5, 5.41) is 0.498. The van der Waals surface area contributed by atoms with E-state index in [0.717, 1.165) is 5.56 Å². The quantitative estimate of drug-likeness (QED) is 0.581. The molecule has 0 atom stereocenters. The first kappa shape index (κ1) is 16.1. The average Bonchev–Trinajstić information content (AvgIpc) is 2.50. The van der Waals surface area contributed by atoms with Gasteiger partial charge in [-0.25, -0.2) is 9.78 Å². The molecule has 0 radical (unpaired) electrons. The van der Waals surface area contributed by atoms with Crippen molar-refractivity contribution in [2.24, 2.45) is 0 Å². The van der Waals surface area contributed by atoms with E-state index in [1.54, 1.807) is 0 Å². The van der Waals surface area contributed by atoms with Crippen LogP contribution < -0.4 is 0 Å². The Hall–Kier alpha value is -1.29. The highest BCUT2D eigenvalue weighted by molar-refractivity contribution is 6.43. The first-order valence-corrected chi connectivity index (χ1v) is 7.42. The zero-order valence-electron chi connectivity index (χ0n) is 11.2. The summed E-state index contributed by atoms with van der Waals surface area (Å²) >= 11 is 18.1. The molecule has 0 aliphatic carbocycles. The molecule has 2 aromatic rings. The number of rotatable bonds is 4. The van der Waals surface area contributed by atoms with Gasteiger partial charge in [-0.1, -0.05) is 72.1 Å². The van der Waals surface area contributed by atoms with Crippen molar-refractivity contribution in [3.63, 3.8) is 0 Å². The topological polar surface area (TPSA) is 39.2 Å². The molecule has 0 aliphatic rings. The molecule has 0 aliphatic heterocycles. The molecule has 0 unspecified atom stereocenters. The van der Waals surface area contributed by atoms with Crippen LogP contribution in [0.5, 0.6) is 0 Å². The summed E-state index contributed by atoms with van der Waals surface area (Å²) in [6, 6.07) is 9.32. The Kier molecular flexibility index (Phi) is 5.45. The van der Waals surface area contributed by atoms with E-state index in [1.165, 1.54) is 0 Å². The molecular weight excluding hydrogens is 333 g/mol. The molecule has 0 bridgehead atoms. The predicted octanol–water partition coefficient (Wildman–Crippen LogP) is 4.96. The van der Waals surface area contributed by atoms with Crippen molar-refractivity contribution in [2.75, 3.05) is 0 Å². The van der Waals surface area contributed by atoms with Crippen LogP contribution in [0.1, 0.15) is 28.5 Å². The molecular formula is C15H12Cl3NO2. The normalized spacial score (nSPS) is 10.5. The second kappa shape index (κ2) is 7.12. The third-order valence-corrected chi connectivity index (χ3v) is 4.07. The Bertz CT molecular complexity index is 660. The van der Waals surface area contributed by atoms with Gasteiger partial charge in [0, 0.05) is 0 Å². The fourth-order valence-corrected chi connectivity index (χ4v) is 2.66. The monoisotopic (exact) mass is 343 g/mol.